The number of nitrogens with one attached hydrogen (secondary N) is 1. The molecule has 2 amide bonds. The van der Waals surface area contributed by atoms with E-state index in [2.05, 4.69) is 5.32 Å². The van der Waals surface area contributed by atoms with Crippen LogP contribution in [0.4, 0.5) is 0 Å². The lowest BCUT2D eigenvalue weighted by molar-refractivity contribution is -0.122. The van der Waals surface area contributed by atoms with Crippen LogP contribution in [0.1, 0.15) is 39.5 Å². The minimum absolute atomic E-state index is 0.0481. The van der Waals surface area contributed by atoms with Crippen LogP contribution in [0.5, 0.6) is 0 Å². The molecule has 0 aromatic heterocycles. The second kappa shape index (κ2) is 9.65. The zero-order valence-electron chi connectivity index (χ0n) is 19.1. The summed E-state index contributed by atoms with van der Waals surface area (Å²) < 4.78 is 27.3. The Bertz CT molecular complexity index is 1340. The zero-order valence-corrected chi connectivity index (χ0v) is 19.9. The highest BCUT2D eigenvalue weighted by Gasteiger charge is 2.42. The number of aryl methyl sites for hydroxylation is 1. The topological polar surface area (TPSA) is 83.6 Å². The highest BCUT2D eigenvalue weighted by atomic mass is 32.2. The van der Waals surface area contributed by atoms with Crippen LogP contribution in [0, 0.1) is 6.92 Å². The Morgan fingerprint density at radius 3 is 2.15 bits per heavy atom. The molecule has 6 nitrogen and oxygen atoms in total. The first-order valence-electron chi connectivity index (χ1n) is 11.0. The smallest absolute Gasteiger partial charge is 0.268 e. The quantitative estimate of drug-likeness (QED) is 0.560. The summed E-state index contributed by atoms with van der Waals surface area (Å²) in [6, 6.07) is 23.6. The van der Waals surface area contributed by atoms with Crippen molar-refractivity contribution in [2.45, 2.75) is 26.8 Å². The number of amides is 2. The zero-order chi connectivity index (χ0) is 24.3. The number of sulfonamides is 1. The number of nitrogens with zero attached hydrogens (tertiary/aromatic N) is 1. The van der Waals surface area contributed by atoms with Crippen molar-refractivity contribution in [1.82, 2.24) is 9.62 Å². The maximum Gasteiger partial charge on any atom is 0.268 e. The van der Waals surface area contributed by atoms with E-state index in [0.29, 0.717) is 23.2 Å². The summed E-state index contributed by atoms with van der Waals surface area (Å²) in [5.74, 6) is -0.732. The van der Waals surface area contributed by atoms with Gasteiger partial charge in [0.25, 0.3) is 21.8 Å². The van der Waals surface area contributed by atoms with Crippen molar-refractivity contribution in [3.05, 3.63) is 112 Å². The van der Waals surface area contributed by atoms with Crippen LogP contribution in [0.25, 0.3) is 4.91 Å². The van der Waals surface area contributed by atoms with Gasteiger partial charge in [-0.1, -0.05) is 72.3 Å². The Morgan fingerprint density at radius 2 is 1.50 bits per heavy atom. The van der Waals surface area contributed by atoms with Gasteiger partial charge in [0, 0.05) is 17.7 Å². The molecular formula is C27H26N2O4S. The van der Waals surface area contributed by atoms with Gasteiger partial charge in [-0.05, 0) is 49.1 Å². The van der Waals surface area contributed by atoms with Crippen LogP contribution in [0.2, 0.25) is 0 Å². The monoisotopic (exact) mass is 474 g/mol. The summed E-state index contributed by atoms with van der Waals surface area (Å²) in [6.07, 6.45) is 0.731. The van der Waals surface area contributed by atoms with Crippen molar-refractivity contribution in [2.24, 2.45) is 0 Å². The number of hydrogen-bond acceptors (Lipinski definition) is 4. The van der Waals surface area contributed by atoms with E-state index in [9.17, 15) is 18.0 Å². The van der Waals surface area contributed by atoms with E-state index >= 15 is 0 Å². The van der Waals surface area contributed by atoms with Crippen molar-refractivity contribution in [3.8, 4) is 0 Å². The van der Waals surface area contributed by atoms with Crippen molar-refractivity contribution in [1.29, 1.82) is 0 Å². The first kappa shape index (κ1) is 23.4. The molecule has 3 aromatic rings. The average Bonchev–Trinajstić information content (AvgIpc) is 3.00. The summed E-state index contributed by atoms with van der Waals surface area (Å²) in [5.41, 5.74) is 3.95. The molecule has 7 heteroatoms. The predicted octanol–water partition coefficient (Wildman–Crippen LogP) is 4.07. The SMILES string of the molecule is CC1=C(c2ccc(C)cc2)S(=O)(=O)N(Cc2ccc(C(=O)NCCc3ccccc3)cc2)C1=O. The van der Waals surface area contributed by atoms with Crippen molar-refractivity contribution in [2.75, 3.05) is 6.54 Å². The van der Waals surface area contributed by atoms with Gasteiger partial charge in [0.2, 0.25) is 0 Å². The van der Waals surface area contributed by atoms with Gasteiger partial charge >= 0.3 is 0 Å². The summed E-state index contributed by atoms with van der Waals surface area (Å²) in [7, 11) is -3.97. The van der Waals surface area contributed by atoms with Gasteiger partial charge in [0.1, 0.15) is 4.91 Å². The van der Waals surface area contributed by atoms with E-state index in [1.54, 1.807) is 36.4 Å². The van der Waals surface area contributed by atoms with Crippen LogP contribution in [-0.4, -0.2) is 31.1 Å². The number of carbonyl (C=O) groups excluding carboxylic acids is 2. The van der Waals surface area contributed by atoms with Crippen LogP contribution in [-0.2, 0) is 27.8 Å². The van der Waals surface area contributed by atoms with Crippen molar-refractivity contribution >= 4 is 26.7 Å². The normalized spacial score (nSPS) is 15.0. The Balaban J connectivity index is 1.42. The van der Waals surface area contributed by atoms with Crippen LogP contribution < -0.4 is 5.32 Å². The lowest BCUT2D eigenvalue weighted by atomic mass is 10.1. The fourth-order valence-electron chi connectivity index (χ4n) is 3.92. The highest BCUT2D eigenvalue weighted by Crippen LogP contribution is 2.36. The van der Waals surface area contributed by atoms with E-state index in [1.165, 1.54) is 6.92 Å². The van der Waals surface area contributed by atoms with Gasteiger partial charge in [-0.2, -0.15) is 0 Å². The molecule has 0 fully saturated rings. The van der Waals surface area contributed by atoms with Crippen LogP contribution in [0.3, 0.4) is 0 Å². The van der Waals surface area contributed by atoms with Crippen LogP contribution >= 0.6 is 0 Å². The minimum Gasteiger partial charge on any atom is -0.352 e. The molecule has 0 bridgehead atoms. The standard InChI is InChI=1S/C27H26N2O4S/c1-19-8-12-23(13-9-19)25-20(2)27(31)29(34(25,32)33)18-22-10-14-24(15-11-22)26(30)28-17-16-21-6-4-3-5-7-21/h3-15H,16-18H2,1-2H3,(H,28,30). The molecular weight excluding hydrogens is 448 g/mol. The maximum atomic E-state index is 13.2. The van der Waals surface area contributed by atoms with Gasteiger partial charge in [-0.15, -0.1) is 0 Å². The highest BCUT2D eigenvalue weighted by molar-refractivity contribution is 7.99. The van der Waals surface area contributed by atoms with Gasteiger partial charge in [-0.3, -0.25) is 9.59 Å². The molecule has 0 atom stereocenters. The van der Waals surface area contributed by atoms with E-state index in [-0.39, 0.29) is 22.9 Å². The van der Waals surface area contributed by atoms with Crippen LogP contribution in [0.15, 0.2) is 84.4 Å². The largest absolute Gasteiger partial charge is 0.352 e. The fraction of sp³-hybridized carbons (Fsp3) is 0.185. The molecule has 4 rings (SSSR count). The van der Waals surface area contributed by atoms with Gasteiger partial charge < -0.3 is 5.32 Å². The lowest BCUT2D eigenvalue weighted by Crippen LogP contribution is -2.31. The molecule has 0 saturated carbocycles. The number of hydrogen-bond donors (Lipinski definition) is 1. The van der Waals surface area contributed by atoms with Gasteiger partial charge in [0.05, 0.1) is 6.54 Å². The van der Waals surface area contributed by atoms with E-state index in [1.807, 2.05) is 49.4 Å². The molecule has 174 valence electrons. The molecule has 1 aliphatic heterocycles. The van der Waals surface area contributed by atoms with Gasteiger partial charge in [-0.25, -0.2) is 12.7 Å². The third-order valence-electron chi connectivity index (χ3n) is 5.83. The summed E-state index contributed by atoms with van der Waals surface area (Å²) in [6.45, 7) is 3.87. The van der Waals surface area contributed by atoms with Gasteiger partial charge in [0.15, 0.2) is 0 Å². The second-order valence-electron chi connectivity index (χ2n) is 8.33. The Morgan fingerprint density at radius 1 is 0.853 bits per heavy atom. The van der Waals surface area contributed by atoms with Crippen molar-refractivity contribution in [3.63, 3.8) is 0 Å². The van der Waals surface area contributed by atoms with Crippen molar-refractivity contribution < 1.29 is 18.0 Å². The predicted molar refractivity (Wildman–Crippen MR) is 132 cm³/mol. The van der Waals surface area contributed by atoms with E-state index in [0.717, 1.165) is 21.9 Å². The molecule has 0 aliphatic carbocycles. The minimum atomic E-state index is -3.97. The summed E-state index contributed by atoms with van der Waals surface area (Å²) in [5, 5.41) is 2.89. The third kappa shape index (κ3) is 4.79. The molecule has 3 aromatic carbocycles. The Kier molecular flexibility index (Phi) is 6.65. The first-order chi connectivity index (χ1) is 16.3. The molecule has 0 unspecified atom stereocenters. The molecule has 0 saturated heterocycles. The number of carbonyl (C=O) groups is 2. The molecule has 0 radical (unpaired) electrons. The Labute approximate surface area is 200 Å². The number of rotatable bonds is 7. The lowest BCUT2D eigenvalue weighted by Gasteiger charge is -2.17. The fourth-order valence-corrected chi connectivity index (χ4v) is 5.72. The molecule has 34 heavy (non-hydrogen) atoms. The Hall–Kier alpha value is -3.71. The molecule has 1 N–H and O–H groups in total. The number of benzene rings is 3. The molecule has 1 heterocycles. The maximum absolute atomic E-state index is 13.2. The van der Waals surface area contributed by atoms with E-state index in [4.69, 9.17) is 0 Å². The molecule has 0 spiro atoms. The third-order valence-corrected chi connectivity index (χ3v) is 7.77. The molecule has 1 aliphatic rings. The van der Waals surface area contributed by atoms with E-state index < -0.39 is 15.9 Å². The summed E-state index contributed by atoms with van der Waals surface area (Å²) >= 11 is 0. The summed E-state index contributed by atoms with van der Waals surface area (Å²) in [4.78, 5) is 25.3. The first-order valence-corrected chi connectivity index (χ1v) is 12.5. The second-order valence-corrected chi connectivity index (χ2v) is 10.1. The average molecular weight is 475 g/mol.